The first-order valence-corrected chi connectivity index (χ1v) is 6.66. The van der Waals surface area contributed by atoms with Gasteiger partial charge in [0.2, 0.25) is 5.91 Å². The molecule has 1 fully saturated rings. The van der Waals surface area contributed by atoms with Crippen molar-refractivity contribution in [3.8, 4) is 0 Å². The molecule has 0 aromatic carbocycles. The third-order valence-corrected chi connectivity index (χ3v) is 3.67. The van der Waals surface area contributed by atoms with Gasteiger partial charge in [0, 0.05) is 18.9 Å². The molecule has 3 unspecified atom stereocenters. The Morgan fingerprint density at radius 2 is 2.30 bits per heavy atom. The number of aliphatic carboxylic acids is 1. The van der Waals surface area contributed by atoms with E-state index in [1.807, 2.05) is 6.92 Å². The standard InChI is InChI=1S/C13H19N3O4/c1-3-15(11-8-20-7-10(11)13(18)19)12(17)9(2)16-6-4-5-14-16/h4-6,9-11H,3,7-8H2,1-2H3,(H,18,19). The zero-order valence-corrected chi connectivity index (χ0v) is 11.6. The minimum atomic E-state index is -0.925. The predicted octanol–water partition coefficient (Wildman–Crippen LogP) is 0.392. The van der Waals surface area contributed by atoms with E-state index < -0.39 is 24.0 Å². The maximum atomic E-state index is 12.5. The molecule has 1 aliphatic rings. The van der Waals surface area contributed by atoms with Crippen LogP contribution in [0.3, 0.4) is 0 Å². The third kappa shape index (κ3) is 2.67. The molecule has 7 nitrogen and oxygen atoms in total. The number of aromatic nitrogens is 2. The van der Waals surface area contributed by atoms with Gasteiger partial charge in [-0.1, -0.05) is 0 Å². The van der Waals surface area contributed by atoms with Crippen LogP contribution in [0.5, 0.6) is 0 Å². The molecule has 1 amide bonds. The summed E-state index contributed by atoms with van der Waals surface area (Å²) in [6.07, 6.45) is 3.33. The number of amides is 1. The summed E-state index contributed by atoms with van der Waals surface area (Å²) >= 11 is 0. The number of hydrogen-bond donors (Lipinski definition) is 1. The van der Waals surface area contributed by atoms with Gasteiger partial charge in [0.05, 0.1) is 19.3 Å². The van der Waals surface area contributed by atoms with Crippen molar-refractivity contribution in [1.82, 2.24) is 14.7 Å². The fourth-order valence-corrected chi connectivity index (χ4v) is 2.50. The molecule has 1 aliphatic heterocycles. The van der Waals surface area contributed by atoms with E-state index in [1.54, 1.807) is 35.0 Å². The van der Waals surface area contributed by atoms with Gasteiger partial charge in [0.15, 0.2) is 0 Å². The fraction of sp³-hybridized carbons (Fsp3) is 0.615. The Balaban J connectivity index is 2.15. The fourth-order valence-electron chi connectivity index (χ4n) is 2.50. The molecule has 20 heavy (non-hydrogen) atoms. The number of ether oxygens (including phenoxy) is 1. The topological polar surface area (TPSA) is 84.7 Å². The number of hydrogen-bond acceptors (Lipinski definition) is 4. The Hall–Kier alpha value is -1.89. The number of rotatable bonds is 5. The molecule has 0 aliphatic carbocycles. The molecule has 110 valence electrons. The molecule has 1 aromatic rings. The molecule has 7 heteroatoms. The second-order valence-corrected chi connectivity index (χ2v) is 4.84. The highest BCUT2D eigenvalue weighted by atomic mass is 16.5. The maximum absolute atomic E-state index is 12.5. The van der Waals surface area contributed by atoms with Crippen LogP contribution in [-0.2, 0) is 14.3 Å². The number of likely N-dealkylation sites (N-methyl/N-ethyl adjacent to an activating group) is 1. The number of carbonyl (C=O) groups is 2. The highest BCUT2D eigenvalue weighted by Crippen LogP contribution is 2.22. The van der Waals surface area contributed by atoms with Crippen LogP contribution in [0.2, 0.25) is 0 Å². The molecule has 1 N–H and O–H groups in total. The Morgan fingerprint density at radius 3 is 2.85 bits per heavy atom. The molecular weight excluding hydrogens is 262 g/mol. The average molecular weight is 281 g/mol. The minimum Gasteiger partial charge on any atom is -0.481 e. The van der Waals surface area contributed by atoms with Crippen molar-refractivity contribution in [3.63, 3.8) is 0 Å². The van der Waals surface area contributed by atoms with Gasteiger partial charge >= 0.3 is 5.97 Å². The van der Waals surface area contributed by atoms with Crippen LogP contribution >= 0.6 is 0 Å². The molecule has 1 saturated heterocycles. The highest BCUT2D eigenvalue weighted by molar-refractivity contribution is 5.81. The quantitative estimate of drug-likeness (QED) is 0.844. The second kappa shape index (κ2) is 6.04. The molecule has 1 aromatic heterocycles. The Labute approximate surface area is 117 Å². The van der Waals surface area contributed by atoms with Crippen molar-refractivity contribution in [2.45, 2.75) is 25.9 Å². The summed E-state index contributed by atoms with van der Waals surface area (Å²) in [5.41, 5.74) is 0. The normalized spacial score (nSPS) is 23.5. The maximum Gasteiger partial charge on any atom is 0.311 e. The summed E-state index contributed by atoms with van der Waals surface area (Å²) in [6.45, 7) is 4.46. The zero-order chi connectivity index (χ0) is 14.7. The smallest absolute Gasteiger partial charge is 0.311 e. The van der Waals surface area contributed by atoms with E-state index in [0.717, 1.165) is 0 Å². The van der Waals surface area contributed by atoms with Crippen molar-refractivity contribution in [2.24, 2.45) is 5.92 Å². The monoisotopic (exact) mass is 281 g/mol. The average Bonchev–Trinajstić information content (AvgIpc) is 3.09. The summed E-state index contributed by atoms with van der Waals surface area (Å²) in [5, 5.41) is 13.3. The van der Waals surface area contributed by atoms with E-state index in [0.29, 0.717) is 6.54 Å². The minimum absolute atomic E-state index is 0.141. The lowest BCUT2D eigenvalue weighted by Gasteiger charge is -2.31. The second-order valence-electron chi connectivity index (χ2n) is 4.84. The van der Waals surface area contributed by atoms with Gasteiger partial charge in [-0.05, 0) is 19.9 Å². The lowest BCUT2D eigenvalue weighted by Crippen LogP contribution is -2.48. The Bertz CT molecular complexity index is 474. The van der Waals surface area contributed by atoms with E-state index in [4.69, 9.17) is 4.74 Å². The van der Waals surface area contributed by atoms with Gasteiger partial charge in [-0.3, -0.25) is 14.3 Å². The van der Waals surface area contributed by atoms with Crippen molar-refractivity contribution in [2.75, 3.05) is 19.8 Å². The van der Waals surface area contributed by atoms with Crippen LogP contribution < -0.4 is 0 Å². The molecule has 0 radical (unpaired) electrons. The Morgan fingerprint density at radius 1 is 1.55 bits per heavy atom. The van der Waals surface area contributed by atoms with E-state index in [2.05, 4.69) is 5.10 Å². The molecule has 0 spiro atoms. The van der Waals surface area contributed by atoms with Crippen LogP contribution in [0.25, 0.3) is 0 Å². The van der Waals surface area contributed by atoms with Crippen molar-refractivity contribution < 1.29 is 19.4 Å². The van der Waals surface area contributed by atoms with Gasteiger partial charge < -0.3 is 14.7 Å². The molecule has 2 heterocycles. The largest absolute Gasteiger partial charge is 0.481 e. The molecule has 0 saturated carbocycles. The highest BCUT2D eigenvalue weighted by Gasteiger charge is 2.40. The zero-order valence-electron chi connectivity index (χ0n) is 11.6. The molecule has 0 bridgehead atoms. The lowest BCUT2D eigenvalue weighted by molar-refractivity contribution is -0.145. The first-order chi connectivity index (χ1) is 9.56. The first kappa shape index (κ1) is 14.5. The van der Waals surface area contributed by atoms with Gasteiger partial charge in [0.25, 0.3) is 0 Å². The summed E-state index contributed by atoms with van der Waals surface area (Å²) in [5.74, 6) is -1.73. The van der Waals surface area contributed by atoms with Crippen LogP contribution in [0.1, 0.15) is 19.9 Å². The van der Waals surface area contributed by atoms with Crippen molar-refractivity contribution in [3.05, 3.63) is 18.5 Å². The van der Waals surface area contributed by atoms with Gasteiger partial charge in [-0.2, -0.15) is 5.10 Å². The third-order valence-electron chi connectivity index (χ3n) is 3.67. The van der Waals surface area contributed by atoms with E-state index in [9.17, 15) is 14.7 Å². The molecular formula is C13H19N3O4. The molecule has 2 rings (SSSR count). The van der Waals surface area contributed by atoms with Crippen LogP contribution in [0, 0.1) is 5.92 Å². The predicted molar refractivity (Wildman–Crippen MR) is 70.1 cm³/mol. The van der Waals surface area contributed by atoms with Crippen LogP contribution in [0.15, 0.2) is 18.5 Å². The SMILES string of the molecule is CCN(C(=O)C(C)n1cccn1)C1COCC1C(=O)O. The van der Waals surface area contributed by atoms with Gasteiger partial charge in [0.1, 0.15) is 12.0 Å². The summed E-state index contributed by atoms with van der Waals surface area (Å²) in [4.78, 5) is 25.3. The lowest BCUT2D eigenvalue weighted by atomic mass is 10.0. The number of carboxylic acids is 1. The summed E-state index contributed by atoms with van der Waals surface area (Å²) in [6, 6.07) is 0.877. The Kier molecular flexibility index (Phi) is 4.39. The van der Waals surface area contributed by atoms with E-state index in [1.165, 1.54) is 0 Å². The van der Waals surface area contributed by atoms with Gasteiger partial charge in [-0.25, -0.2) is 0 Å². The van der Waals surface area contributed by atoms with Crippen molar-refractivity contribution in [1.29, 1.82) is 0 Å². The van der Waals surface area contributed by atoms with Crippen LogP contribution in [0.4, 0.5) is 0 Å². The van der Waals surface area contributed by atoms with Gasteiger partial charge in [-0.15, -0.1) is 0 Å². The molecule has 3 atom stereocenters. The first-order valence-electron chi connectivity index (χ1n) is 6.66. The number of carbonyl (C=O) groups excluding carboxylic acids is 1. The summed E-state index contributed by atoms with van der Waals surface area (Å²) in [7, 11) is 0. The van der Waals surface area contributed by atoms with E-state index >= 15 is 0 Å². The number of carboxylic acid groups (broad SMARTS) is 1. The van der Waals surface area contributed by atoms with Crippen molar-refractivity contribution >= 4 is 11.9 Å². The number of nitrogens with zero attached hydrogens (tertiary/aromatic N) is 3. The summed E-state index contributed by atoms with van der Waals surface area (Å²) < 4.78 is 6.80. The van der Waals surface area contributed by atoms with E-state index in [-0.39, 0.29) is 19.1 Å². The van der Waals surface area contributed by atoms with Crippen LogP contribution in [-0.4, -0.2) is 57.5 Å².